The topological polar surface area (TPSA) is 64.7 Å². The molecule has 114 valence electrons. The zero-order chi connectivity index (χ0) is 15.4. The first kappa shape index (κ1) is 16.0. The average molecular weight is 375 g/mol. The van der Waals surface area contributed by atoms with Crippen molar-refractivity contribution in [2.24, 2.45) is 0 Å². The number of nitrogens with one attached hydrogen (secondary N) is 1. The molecule has 2 heterocycles. The molecule has 6 nitrogen and oxygen atoms in total. The summed E-state index contributed by atoms with van der Waals surface area (Å²) in [6, 6.07) is 0. The maximum atomic E-state index is 11.8. The Balaban J connectivity index is 1.71. The highest BCUT2D eigenvalue weighted by Gasteiger charge is 2.08. The van der Waals surface area contributed by atoms with E-state index in [1.807, 2.05) is 13.8 Å². The van der Waals surface area contributed by atoms with E-state index >= 15 is 0 Å². The van der Waals surface area contributed by atoms with Crippen LogP contribution in [0.3, 0.4) is 0 Å². The summed E-state index contributed by atoms with van der Waals surface area (Å²) in [6.07, 6.45) is 4.28. The third-order valence-electron chi connectivity index (χ3n) is 3.11. The fourth-order valence-electron chi connectivity index (χ4n) is 1.85. The molecule has 0 unspecified atom stereocenters. The molecule has 1 amide bonds. The fraction of sp³-hybridized carbons (Fsp3) is 0.462. The number of hydrogen-bond donors (Lipinski definition) is 1. The molecule has 8 heteroatoms. The zero-order valence-electron chi connectivity index (χ0n) is 11.9. The summed E-state index contributed by atoms with van der Waals surface area (Å²) in [5.74, 6) is -0.0524. The Morgan fingerprint density at radius 3 is 2.81 bits per heavy atom. The molecule has 0 aliphatic heterocycles. The Kier molecular flexibility index (Phi) is 5.41. The van der Waals surface area contributed by atoms with Gasteiger partial charge in [-0.05, 0) is 36.2 Å². The predicted octanol–water partition coefficient (Wildman–Crippen LogP) is 2.32. The van der Waals surface area contributed by atoms with Crippen LogP contribution in [0.1, 0.15) is 17.8 Å². The van der Waals surface area contributed by atoms with E-state index in [9.17, 15) is 4.79 Å². The number of halogens is 2. The normalized spacial score (nSPS) is 10.9. The molecule has 0 atom stereocenters. The molecule has 2 rings (SSSR count). The van der Waals surface area contributed by atoms with E-state index in [0.29, 0.717) is 11.6 Å². The zero-order valence-corrected chi connectivity index (χ0v) is 14.3. The maximum Gasteiger partial charge on any atom is 0.241 e. The first-order valence-corrected chi connectivity index (χ1v) is 7.78. The lowest BCUT2D eigenvalue weighted by atomic mass is 10.4. The van der Waals surface area contributed by atoms with E-state index < -0.39 is 0 Å². The lowest BCUT2D eigenvalue weighted by Crippen LogP contribution is -2.29. The Morgan fingerprint density at radius 2 is 2.24 bits per heavy atom. The maximum absolute atomic E-state index is 11.8. The molecule has 0 spiro atoms. The number of carbonyl (C=O) groups is 1. The van der Waals surface area contributed by atoms with Crippen molar-refractivity contribution in [2.75, 3.05) is 6.54 Å². The Bertz CT molecular complexity index is 617. The van der Waals surface area contributed by atoms with Crippen LogP contribution in [-0.2, 0) is 17.9 Å². The number of hydrogen-bond acceptors (Lipinski definition) is 3. The third kappa shape index (κ3) is 4.31. The summed E-state index contributed by atoms with van der Waals surface area (Å²) in [4.78, 5) is 11.8. The molecule has 0 bridgehead atoms. The van der Waals surface area contributed by atoms with Crippen LogP contribution in [-0.4, -0.2) is 32.0 Å². The highest BCUT2D eigenvalue weighted by atomic mass is 79.9. The van der Waals surface area contributed by atoms with Gasteiger partial charge in [0.15, 0.2) is 0 Å². The van der Waals surface area contributed by atoms with Crippen molar-refractivity contribution in [1.29, 1.82) is 0 Å². The van der Waals surface area contributed by atoms with E-state index in [-0.39, 0.29) is 12.5 Å². The lowest BCUT2D eigenvalue weighted by Gasteiger charge is -2.07. The van der Waals surface area contributed by atoms with E-state index in [2.05, 4.69) is 31.4 Å². The summed E-state index contributed by atoms with van der Waals surface area (Å²) >= 11 is 9.30. The van der Waals surface area contributed by atoms with Gasteiger partial charge in [-0.15, -0.1) is 0 Å². The molecule has 2 aromatic heterocycles. The molecule has 2 aromatic rings. The van der Waals surface area contributed by atoms with Crippen molar-refractivity contribution in [1.82, 2.24) is 24.9 Å². The van der Waals surface area contributed by atoms with Gasteiger partial charge in [0.2, 0.25) is 5.91 Å². The van der Waals surface area contributed by atoms with E-state index in [0.717, 1.165) is 28.8 Å². The molecule has 1 N–H and O–H groups in total. The van der Waals surface area contributed by atoms with Crippen molar-refractivity contribution in [2.45, 2.75) is 33.4 Å². The van der Waals surface area contributed by atoms with Gasteiger partial charge in [-0.25, -0.2) is 0 Å². The van der Waals surface area contributed by atoms with Crippen molar-refractivity contribution in [3.05, 3.63) is 33.3 Å². The monoisotopic (exact) mass is 373 g/mol. The first-order valence-electron chi connectivity index (χ1n) is 6.61. The standard InChI is InChI=1S/C13H17BrClN5O/c1-9-12(15)7-19(18-9)5-3-4-16-13(21)8-20-10(2)11(14)6-17-20/h6-7H,3-5,8H2,1-2H3,(H,16,21). The molecular weight excluding hydrogens is 358 g/mol. The smallest absolute Gasteiger partial charge is 0.241 e. The van der Waals surface area contributed by atoms with Crippen LogP contribution in [0.5, 0.6) is 0 Å². The molecule has 0 radical (unpaired) electrons. The van der Waals surface area contributed by atoms with Crippen LogP contribution in [0, 0.1) is 13.8 Å². The number of aryl methyl sites for hydroxylation is 2. The van der Waals surface area contributed by atoms with Gasteiger partial charge in [0.05, 0.1) is 27.1 Å². The van der Waals surface area contributed by atoms with Crippen LogP contribution in [0.15, 0.2) is 16.9 Å². The fourth-order valence-corrected chi connectivity index (χ4v) is 2.30. The molecule has 0 aliphatic carbocycles. The Hall–Kier alpha value is -1.34. The minimum Gasteiger partial charge on any atom is -0.354 e. The SMILES string of the molecule is Cc1nn(CCCNC(=O)Cn2ncc(Br)c2C)cc1Cl. The van der Waals surface area contributed by atoms with Crippen molar-refractivity contribution in [3.8, 4) is 0 Å². The van der Waals surface area contributed by atoms with Crippen LogP contribution >= 0.6 is 27.5 Å². The third-order valence-corrected chi connectivity index (χ3v) is 4.26. The van der Waals surface area contributed by atoms with Gasteiger partial charge < -0.3 is 5.32 Å². The van der Waals surface area contributed by atoms with Crippen molar-refractivity contribution in [3.63, 3.8) is 0 Å². The van der Waals surface area contributed by atoms with Crippen molar-refractivity contribution < 1.29 is 4.79 Å². The van der Waals surface area contributed by atoms with Gasteiger partial charge in [0, 0.05) is 19.3 Å². The summed E-state index contributed by atoms with van der Waals surface area (Å²) < 4.78 is 4.36. The summed E-state index contributed by atoms with van der Waals surface area (Å²) in [5.41, 5.74) is 1.76. The molecule has 0 aromatic carbocycles. The quantitative estimate of drug-likeness (QED) is 0.789. The first-order chi connectivity index (χ1) is 9.97. The van der Waals surface area contributed by atoms with Crippen LogP contribution in [0.4, 0.5) is 0 Å². The summed E-state index contributed by atoms with van der Waals surface area (Å²) in [5, 5.41) is 11.9. The average Bonchev–Trinajstić information content (AvgIpc) is 2.92. The van der Waals surface area contributed by atoms with Crippen LogP contribution in [0.25, 0.3) is 0 Å². The molecule has 21 heavy (non-hydrogen) atoms. The minimum atomic E-state index is -0.0524. The predicted molar refractivity (Wildman–Crippen MR) is 84.3 cm³/mol. The number of carbonyl (C=O) groups excluding carboxylic acids is 1. The Morgan fingerprint density at radius 1 is 1.48 bits per heavy atom. The Labute approximate surface area is 136 Å². The molecule has 0 saturated carbocycles. The largest absolute Gasteiger partial charge is 0.354 e. The van der Waals surface area contributed by atoms with Crippen LogP contribution < -0.4 is 5.32 Å². The molecule has 0 saturated heterocycles. The summed E-state index contributed by atoms with van der Waals surface area (Å²) in [7, 11) is 0. The van der Waals surface area contributed by atoms with Gasteiger partial charge in [-0.1, -0.05) is 11.6 Å². The van der Waals surface area contributed by atoms with Gasteiger partial charge in [-0.2, -0.15) is 10.2 Å². The number of rotatable bonds is 6. The van der Waals surface area contributed by atoms with Crippen LogP contribution in [0.2, 0.25) is 5.02 Å². The molecule has 0 aliphatic rings. The van der Waals surface area contributed by atoms with Gasteiger partial charge in [0.1, 0.15) is 6.54 Å². The number of amides is 1. The van der Waals surface area contributed by atoms with E-state index in [1.165, 1.54) is 0 Å². The number of aromatic nitrogens is 4. The summed E-state index contributed by atoms with van der Waals surface area (Å²) in [6.45, 7) is 5.32. The van der Waals surface area contributed by atoms with E-state index in [4.69, 9.17) is 11.6 Å². The molecular formula is C13H17BrClN5O. The highest BCUT2D eigenvalue weighted by molar-refractivity contribution is 9.10. The van der Waals surface area contributed by atoms with Gasteiger partial charge >= 0.3 is 0 Å². The van der Waals surface area contributed by atoms with Gasteiger partial charge in [-0.3, -0.25) is 14.2 Å². The second-order valence-electron chi connectivity index (χ2n) is 4.76. The van der Waals surface area contributed by atoms with E-state index in [1.54, 1.807) is 21.8 Å². The minimum absolute atomic E-state index is 0.0524. The van der Waals surface area contributed by atoms with Crippen molar-refractivity contribution >= 4 is 33.4 Å². The highest BCUT2D eigenvalue weighted by Crippen LogP contribution is 2.14. The second kappa shape index (κ2) is 7.09. The second-order valence-corrected chi connectivity index (χ2v) is 6.03. The van der Waals surface area contributed by atoms with Gasteiger partial charge in [0.25, 0.3) is 0 Å². The molecule has 0 fully saturated rings. The lowest BCUT2D eigenvalue weighted by molar-refractivity contribution is -0.121. The number of nitrogens with zero attached hydrogens (tertiary/aromatic N) is 4.